The van der Waals surface area contributed by atoms with Gasteiger partial charge < -0.3 is 0 Å². The van der Waals surface area contributed by atoms with Gasteiger partial charge in [0.05, 0.1) is 10.9 Å². The minimum Gasteiger partial charge on any atom is -0.298 e. The molecule has 1 heterocycles. The van der Waals surface area contributed by atoms with E-state index in [-0.39, 0.29) is 5.91 Å². The Bertz CT molecular complexity index is 410. The molecule has 6 heteroatoms. The molecule has 92 valence electrons. The second kappa shape index (κ2) is 7.01. The topological polar surface area (TPSA) is 82.2 Å². The number of thiophene rings is 1. The lowest BCUT2D eigenvalue weighted by Gasteiger charge is -2.18. The van der Waals surface area contributed by atoms with Crippen molar-refractivity contribution in [3.63, 3.8) is 0 Å². The fourth-order valence-corrected chi connectivity index (χ4v) is 2.34. The third-order valence-electron chi connectivity index (χ3n) is 2.47. The Balaban J connectivity index is 2.70. The molecule has 1 aromatic heterocycles. The molecule has 0 aliphatic heterocycles. The second-order valence-electron chi connectivity index (χ2n) is 3.53. The number of rotatable bonds is 6. The van der Waals surface area contributed by atoms with Crippen LogP contribution in [0.1, 0.15) is 28.6 Å². The Kier molecular flexibility index (Phi) is 5.63. The molecule has 0 atom stereocenters. The predicted octanol–water partition coefficient (Wildman–Crippen LogP) is 1.09. The van der Waals surface area contributed by atoms with E-state index in [0.29, 0.717) is 24.4 Å². The molecule has 0 aliphatic carbocycles. The van der Waals surface area contributed by atoms with Crippen LogP contribution in [-0.2, 0) is 6.54 Å². The molecule has 0 radical (unpaired) electrons. The number of nitrogens with one attached hydrogen (secondary N) is 1. The molecule has 0 aliphatic rings. The second-order valence-corrected chi connectivity index (χ2v) is 4.44. The highest BCUT2D eigenvalue weighted by molar-refractivity contribution is 7.12. The minimum atomic E-state index is -0.258. The first kappa shape index (κ1) is 13.6. The lowest BCUT2D eigenvalue weighted by atomic mass is 10.2. The highest BCUT2D eigenvalue weighted by Crippen LogP contribution is 2.18. The molecule has 0 spiro atoms. The Morgan fingerprint density at radius 2 is 2.47 bits per heavy atom. The number of carbonyl (C=O) groups is 1. The van der Waals surface area contributed by atoms with Gasteiger partial charge in [-0.25, -0.2) is 5.84 Å². The van der Waals surface area contributed by atoms with Gasteiger partial charge in [-0.05, 0) is 23.6 Å². The molecule has 0 unspecified atom stereocenters. The zero-order valence-corrected chi connectivity index (χ0v) is 10.6. The van der Waals surface area contributed by atoms with Crippen LogP contribution in [-0.4, -0.2) is 23.9 Å². The summed E-state index contributed by atoms with van der Waals surface area (Å²) in [5, 5.41) is 10.4. The van der Waals surface area contributed by atoms with Gasteiger partial charge in [0, 0.05) is 19.5 Å². The summed E-state index contributed by atoms with van der Waals surface area (Å²) in [7, 11) is 0. The van der Waals surface area contributed by atoms with E-state index in [2.05, 4.69) is 16.4 Å². The quantitative estimate of drug-likeness (QED) is 0.451. The van der Waals surface area contributed by atoms with Gasteiger partial charge in [0.2, 0.25) is 0 Å². The van der Waals surface area contributed by atoms with E-state index in [9.17, 15) is 4.79 Å². The van der Waals surface area contributed by atoms with Crippen LogP contribution in [0.2, 0.25) is 0 Å². The summed E-state index contributed by atoms with van der Waals surface area (Å²) < 4.78 is 0. The summed E-state index contributed by atoms with van der Waals surface area (Å²) in [4.78, 5) is 14.2. The number of amides is 1. The van der Waals surface area contributed by atoms with E-state index >= 15 is 0 Å². The molecule has 17 heavy (non-hydrogen) atoms. The number of hydrogen-bond donors (Lipinski definition) is 2. The first-order valence-electron chi connectivity index (χ1n) is 5.39. The van der Waals surface area contributed by atoms with Crippen molar-refractivity contribution in [3.8, 4) is 6.07 Å². The van der Waals surface area contributed by atoms with Crippen LogP contribution in [0.15, 0.2) is 11.4 Å². The molecule has 0 fully saturated rings. The summed E-state index contributed by atoms with van der Waals surface area (Å²) in [5.74, 6) is 4.87. The van der Waals surface area contributed by atoms with Crippen LogP contribution in [0.5, 0.6) is 0 Å². The molecular weight excluding hydrogens is 236 g/mol. The SMILES string of the molecule is CCN(CCC#N)Cc1ccsc1C(=O)NN. The van der Waals surface area contributed by atoms with Crippen molar-refractivity contribution in [1.82, 2.24) is 10.3 Å². The van der Waals surface area contributed by atoms with Gasteiger partial charge in [-0.1, -0.05) is 6.92 Å². The summed E-state index contributed by atoms with van der Waals surface area (Å²) in [6.07, 6.45) is 0.496. The Morgan fingerprint density at radius 1 is 1.71 bits per heavy atom. The van der Waals surface area contributed by atoms with E-state index < -0.39 is 0 Å². The van der Waals surface area contributed by atoms with Crippen LogP contribution in [0, 0.1) is 11.3 Å². The fraction of sp³-hybridized carbons (Fsp3) is 0.455. The number of nitrogen functional groups attached to an aromatic ring is 1. The largest absolute Gasteiger partial charge is 0.298 e. The van der Waals surface area contributed by atoms with Crippen molar-refractivity contribution in [2.24, 2.45) is 5.84 Å². The molecule has 0 saturated heterocycles. The van der Waals surface area contributed by atoms with Crippen LogP contribution in [0.25, 0.3) is 0 Å². The molecule has 1 aromatic rings. The number of hydrazine groups is 1. The van der Waals surface area contributed by atoms with E-state index in [4.69, 9.17) is 11.1 Å². The molecule has 0 saturated carbocycles. The van der Waals surface area contributed by atoms with Gasteiger partial charge in [0.15, 0.2) is 0 Å². The van der Waals surface area contributed by atoms with Crippen molar-refractivity contribution in [3.05, 3.63) is 21.9 Å². The average Bonchev–Trinajstić information content (AvgIpc) is 2.81. The lowest BCUT2D eigenvalue weighted by Crippen LogP contribution is -2.31. The summed E-state index contributed by atoms with van der Waals surface area (Å²) in [6.45, 7) is 4.27. The third kappa shape index (κ3) is 3.82. The highest BCUT2D eigenvalue weighted by Gasteiger charge is 2.14. The van der Waals surface area contributed by atoms with Crippen LogP contribution in [0.4, 0.5) is 0 Å². The van der Waals surface area contributed by atoms with Crippen molar-refractivity contribution < 1.29 is 4.79 Å². The molecule has 1 amide bonds. The van der Waals surface area contributed by atoms with E-state index in [0.717, 1.165) is 12.1 Å². The fourth-order valence-electron chi connectivity index (χ4n) is 1.52. The van der Waals surface area contributed by atoms with Gasteiger partial charge in [-0.3, -0.25) is 15.1 Å². The zero-order valence-electron chi connectivity index (χ0n) is 9.77. The number of nitriles is 1. The maximum absolute atomic E-state index is 11.5. The Labute approximate surface area is 105 Å². The Hall–Kier alpha value is -1.42. The number of carbonyl (C=O) groups excluding carboxylic acids is 1. The number of nitrogens with two attached hydrogens (primary N) is 1. The first-order chi connectivity index (χ1) is 8.22. The van der Waals surface area contributed by atoms with Gasteiger partial charge in [0.1, 0.15) is 0 Å². The van der Waals surface area contributed by atoms with Crippen molar-refractivity contribution in [2.45, 2.75) is 19.9 Å². The van der Waals surface area contributed by atoms with E-state index in [1.54, 1.807) is 0 Å². The molecule has 0 bridgehead atoms. The van der Waals surface area contributed by atoms with Gasteiger partial charge in [-0.15, -0.1) is 11.3 Å². The summed E-state index contributed by atoms with van der Waals surface area (Å²) >= 11 is 1.37. The standard InChI is InChI=1S/C11H16N4OS/c1-2-15(6-3-5-12)8-9-4-7-17-10(9)11(16)14-13/h4,7H,2-3,6,8,13H2,1H3,(H,14,16). The van der Waals surface area contributed by atoms with Crippen molar-refractivity contribution in [1.29, 1.82) is 5.26 Å². The summed E-state index contributed by atoms with van der Waals surface area (Å²) in [5.41, 5.74) is 3.10. The van der Waals surface area contributed by atoms with E-state index in [1.807, 2.05) is 18.4 Å². The number of nitrogens with zero attached hydrogens (tertiary/aromatic N) is 2. The first-order valence-corrected chi connectivity index (χ1v) is 6.27. The maximum Gasteiger partial charge on any atom is 0.275 e. The van der Waals surface area contributed by atoms with Gasteiger partial charge in [0.25, 0.3) is 5.91 Å². The number of hydrogen-bond acceptors (Lipinski definition) is 5. The van der Waals surface area contributed by atoms with Gasteiger partial charge in [-0.2, -0.15) is 5.26 Å². The van der Waals surface area contributed by atoms with Crippen LogP contribution < -0.4 is 11.3 Å². The zero-order chi connectivity index (χ0) is 12.7. The van der Waals surface area contributed by atoms with Crippen LogP contribution in [0.3, 0.4) is 0 Å². The molecular formula is C11H16N4OS. The van der Waals surface area contributed by atoms with Gasteiger partial charge >= 0.3 is 0 Å². The molecule has 3 N–H and O–H groups in total. The monoisotopic (exact) mass is 252 g/mol. The predicted molar refractivity (Wildman–Crippen MR) is 67.2 cm³/mol. The smallest absolute Gasteiger partial charge is 0.275 e. The van der Waals surface area contributed by atoms with Crippen LogP contribution >= 0.6 is 11.3 Å². The Morgan fingerprint density at radius 3 is 3.06 bits per heavy atom. The molecule has 5 nitrogen and oxygen atoms in total. The third-order valence-corrected chi connectivity index (χ3v) is 3.42. The van der Waals surface area contributed by atoms with Crippen molar-refractivity contribution in [2.75, 3.05) is 13.1 Å². The average molecular weight is 252 g/mol. The molecule has 0 aromatic carbocycles. The maximum atomic E-state index is 11.5. The highest BCUT2D eigenvalue weighted by atomic mass is 32.1. The van der Waals surface area contributed by atoms with Crippen molar-refractivity contribution >= 4 is 17.2 Å². The normalized spacial score (nSPS) is 10.2. The molecule has 1 rings (SSSR count). The minimum absolute atomic E-state index is 0.258. The lowest BCUT2D eigenvalue weighted by molar-refractivity contribution is 0.0956. The van der Waals surface area contributed by atoms with E-state index in [1.165, 1.54) is 11.3 Å². The summed E-state index contributed by atoms with van der Waals surface area (Å²) in [6, 6.07) is 4.04.